The average molecular weight is 190 g/mol. The molecule has 0 aromatic heterocycles. The molecule has 0 fully saturated rings. The number of rotatable bonds is 4. The van der Waals surface area contributed by atoms with Gasteiger partial charge in [0, 0.05) is 12.0 Å². The number of hydrogen-bond donors (Lipinski definition) is 0. The van der Waals surface area contributed by atoms with E-state index < -0.39 is 0 Å². The van der Waals surface area contributed by atoms with Crippen LogP contribution in [0, 0.1) is 0 Å². The third-order valence-electron chi connectivity index (χ3n) is 2.00. The Kier molecular flexibility index (Phi) is 3.46. The molecule has 0 aliphatic rings. The molecule has 0 aliphatic heterocycles. The number of carbonyl (C=O) groups is 1. The molecule has 0 heterocycles. The number of ether oxygens (including phenoxy) is 1. The number of ketones is 1. The van der Waals surface area contributed by atoms with E-state index in [1.165, 1.54) is 0 Å². The van der Waals surface area contributed by atoms with E-state index in [1.54, 1.807) is 14.0 Å². The van der Waals surface area contributed by atoms with Crippen molar-refractivity contribution >= 4 is 11.5 Å². The molecule has 0 N–H and O–H groups in total. The zero-order valence-corrected chi connectivity index (χ0v) is 8.54. The van der Waals surface area contributed by atoms with Crippen molar-refractivity contribution in [2.24, 2.45) is 0 Å². The fraction of sp³-hybridized carbons (Fsp3) is 0.250. The lowest BCUT2D eigenvalue weighted by molar-refractivity contribution is -0.116. The molecule has 0 radical (unpaired) electrons. The van der Waals surface area contributed by atoms with Crippen molar-refractivity contribution < 1.29 is 9.53 Å². The normalized spacial score (nSPS) is 9.57. The smallest absolute Gasteiger partial charge is 0.134 e. The van der Waals surface area contributed by atoms with Crippen LogP contribution in [0.25, 0.3) is 5.76 Å². The fourth-order valence-corrected chi connectivity index (χ4v) is 1.32. The van der Waals surface area contributed by atoms with Gasteiger partial charge in [-0.25, -0.2) is 0 Å². The quantitative estimate of drug-likeness (QED) is 0.681. The van der Waals surface area contributed by atoms with Crippen molar-refractivity contribution in [1.82, 2.24) is 0 Å². The summed E-state index contributed by atoms with van der Waals surface area (Å²) < 4.78 is 5.05. The van der Waals surface area contributed by atoms with Gasteiger partial charge in [-0.05, 0) is 12.5 Å². The standard InChI is InChI=1S/C12H14O2/c1-9(13)8-11-6-4-5-7-12(11)10(2)14-3/h4-7H,2,8H2,1,3H3. The van der Waals surface area contributed by atoms with E-state index in [-0.39, 0.29) is 5.78 Å². The second kappa shape index (κ2) is 4.61. The lowest BCUT2D eigenvalue weighted by Crippen LogP contribution is -2.00. The molecule has 74 valence electrons. The number of carbonyl (C=O) groups excluding carboxylic acids is 1. The van der Waals surface area contributed by atoms with Crippen LogP contribution in [0.2, 0.25) is 0 Å². The van der Waals surface area contributed by atoms with E-state index in [4.69, 9.17) is 4.74 Å². The highest BCUT2D eigenvalue weighted by molar-refractivity contribution is 5.80. The van der Waals surface area contributed by atoms with E-state index in [0.29, 0.717) is 12.2 Å². The Balaban J connectivity index is 3.02. The predicted octanol–water partition coefficient (Wildman–Crippen LogP) is 2.44. The van der Waals surface area contributed by atoms with E-state index in [9.17, 15) is 4.79 Å². The van der Waals surface area contributed by atoms with Crippen molar-refractivity contribution in [2.45, 2.75) is 13.3 Å². The third-order valence-corrected chi connectivity index (χ3v) is 2.00. The van der Waals surface area contributed by atoms with Crippen LogP contribution in [0.1, 0.15) is 18.1 Å². The zero-order chi connectivity index (χ0) is 10.6. The molecule has 0 amide bonds. The first-order valence-corrected chi connectivity index (χ1v) is 4.45. The van der Waals surface area contributed by atoms with Crippen molar-refractivity contribution in [3.8, 4) is 0 Å². The van der Waals surface area contributed by atoms with Gasteiger partial charge in [-0.2, -0.15) is 0 Å². The maximum atomic E-state index is 11.0. The molecular formula is C12H14O2. The van der Waals surface area contributed by atoms with Crippen LogP contribution in [-0.2, 0) is 16.0 Å². The Morgan fingerprint density at radius 2 is 2.07 bits per heavy atom. The van der Waals surface area contributed by atoms with Crippen LogP contribution in [0.4, 0.5) is 0 Å². The van der Waals surface area contributed by atoms with Gasteiger partial charge in [-0.3, -0.25) is 4.79 Å². The number of Topliss-reactive ketones (excluding diaryl/α,β-unsaturated/α-hetero) is 1. The maximum Gasteiger partial charge on any atom is 0.134 e. The van der Waals surface area contributed by atoms with Gasteiger partial charge >= 0.3 is 0 Å². The van der Waals surface area contributed by atoms with E-state index in [1.807, 2.05) is 24.3 Å². The molecule has 1 rings (SSSR count). The van der Waals surface area contributed by atoms with Gasteiger partial charge in [0.2, 0.25) is 0 Å². The molecule has 2 nitrogen and oxygen atoms in total. The highest BCUT2D eigenvalue weighted by atomic mass is 16.5. The highest BCUT2D eigenvalue weighted by Gasteiger charge is 2.06. The molecule has 0 spiro atoms. The summed E-state index contributed by atoms with van der Waals surface area (Å²) in [5.74, 6) is 0.739. The molecule has 1 aromatic rings. The summed E-state index contributed by atoms with van der Waals surface area (Å²) >= 11 is 0. The van der Waals surface area contributed by atoms with Crippen molar-refractivity contribution in [2.75, 3.05) is 7.11 Å². The molecular weight excluding hydrogens is 176 g/mol. The van der Waals surface area contributed by atoms with Gasteiger partial charge in [-0.1, -0.05) is 30.8 Å². The fourth-order valence-electron chi connectivity index (χ4n) is 1.32. The molecule has 1 aromatic carbocycles. The number of methoxy groups -OCH3 is 1. The minimum atomic E-state index is 0.140. The Bertz CT molecular complexity index is 353. The van der Waals surface area contributed by atoms with Crippen molar-refractivity contribution in [1.29, 1.82) is 0 Å². The van der Waals surface area contributed by atoms with E-state index in [2.05, 4.69) is 6.58 Å². The van der Waals surface area contributed by atoms with Crippen LogP contribution >= 0.6 is 0 Å². The molecule has 0 aliphatic carbocycles. The van der Waals surface area contributed by atoms with Crippen LogP contribution in [0.15, 0.2) is 30.8 Å². The Labute approximate surface area is 84.2 Å². The van der Waals surface area contributed by atoms with Gasteiger partial charge in [0.25, 0.3) is 0 Å². The van der Waals surface area contributed by atoms with Crippen LogP contribution in [0.5, 0.6) is 0 Å². The Morgan fingerprint density at radius 1 is 1.43 bits per heavy atom. The maximum absolute atomic E-state index is 11.0. The van der Waals surface area contributed by atoms with E-state index >= 15 is 0 Å². The zero-order valence-electron chi connectivity index (χ0n) is 8.54. The van der Waals surface area contributed by atoms with Crippen molar-refractivity contribution in [3.63, 3.8) is 0 Å². The second-order valence-corrected chi connectivity index (χ2v) is 3.16. The molecule has 2 heteroatoms. The molecule has 0 atom stereocenters. The minimum absolute atomic E-state index is 0.140. The SMILES string of the molecule is C=C(OC)c1ccccc1CC(C)=O. The monoisotopic (exact) mass is 190 g/mol. The summed E-state index contributed by atoms with van der Waals surface area (Å²) in [6, 6.07) is 7.64. The molecule has 14 heavy (non-hydrogen) atoms. The third kappa shape index (κ3) is 2.46. The van der Waals surface area contributed by atoms with Gasteiger partial charge < -0.3 is 4.74 Å². The van der Waals surface area contributed by atoms with Crippen molar-refractivity contribution in [3.05, 3.63) is 42.0 Å². The lowest BCUT2D eigenvalue weighted by Gasteiger charge is -2.09. The summed E-state index contributed by atoms with van der Waals surface area (Å²) in [6.07, 6.45) is 0.429. The first-order chi connectivity index (χ1) is 6.65. The predicted molar refractivity (Wildman–Crippen MR) is 56.9 cm³/mol. The molecule has 0 saturated heterocycles. The summed E-state index contributed by atoms with van der Waals surface area (Å²) in [5.41, 5.74) is 1.87. The first kappa shape index (κ1) is 10.5. The topological polar surface area (TPSA) is 26.3 Å². The number of hydrogen-bond acceptors (Lipinski definition) is 2. The first-order valence-electron chi connectivity index (χ1n) is 4.45. The van der Waals surface area contributed by atoms with Crippen LogP contribution in [-0.4, -0.2) is 12.9 Å². The molecule has 0 saturated carbocycles. The van der Waals surface area contributed by atoms with Gasteiger partial charge in [0.1, 0.15) is 11.5 Å². The highest BCUT2D eigenvalue weighted by Crippen LogP contribution is 2.18. The van der Waals surface area contributed by atoms with Gasteiger partial charge in [0.05, 0.1) is 7.11 Å². The van der Waals surface area contributed by atoms with E-state index in [0.717, 1.165) is 11.1 Å². The van der Waals surface area contributed by atoms with Gasteiger partial charge in [-0.15, -0.1) is 0 Å². The summed E-state index contributed by atoms with van der Waals surface area (Å²) in [7, 11) is 1.58. The summed E-state index contributed by atoms with van der Waals surface area (Å²) in [5, 5.41) is 0. The lowest BCUT2D eigenvalue weighted by atomic mass is 10.0. The Hall–Kier alpha value is -1.57. The molecule has 0 unspecified atom stereocenters. The Morgan fingerprint density at radius 3 is 2.64 bits per heavy atom. The van der Waals surface area contributed by atoms with Crippen LogP contribution < -0.4 is 0 Å². The largest absolute Gasteiger partial charge is 0.497 e. The van der Waals surface area contributed by atoms with Crippen LogP contribution in [0.3, 0.4) is 0 Å². The molecule has 0 bridgehead atoms. The average Bonchev–Trinajstić information content (AvgIpc) is 2.16. The second-order valence-electron chi connectivity index (χ2n) is 3.16. The van der Waals surface area contributed by atoms with Gasteiger partial charge in [0.15, 0.2) is 0 Å². The minimum Gasteiger partial charge on any atom is -0.497 e. The summed E-state index contributed by atoms with van der Waals surface area (Å²) in [6.45, 7) is 5.35. The summed E-state index contributed by atoms with van der Waals surface area (Å²) in [4.78, 5) is 11.0. The number of benzene rings is 1.